The van der Waals surface area contributed by atoms with Gasteiger partial charge in [0.1, 0.15) is 0 Å². The first-order valence-corrected chi connectivity index (χ1v) is 2.84. The molecule has 0 fully saturated rings. The maximum Gasteiger partial charge on any atom is 0.286 e. The second-order valence-corrected chi connectivity index (χ2v) is 1.74. The van der Waals surface area contributed by atoms with E-state index < -0.39 is 0 Å². The molecule has 44 valence electrons. The van der Waals surface area contributed by atoms with Crippen molar-refractivity contribution in [3.63, 3.8) is 0 Å². The molecule has 4 heteroatoms. The van der Waals surface area contributed by atoms with Gasteiger partial charge in [-0.2, -0.15) is 0 Å². The third-order valence-corrected chi connectivity index (χ3v) is 1.10. The Hall–Kier alpha value is -0.820. The highest BCUT2D eigenvalue weighted by atomic mass is 31.1. The molecular formula is C4H5O3P. The summed E-state index contributed by atoms with van der Waals surface area (Å²) >= 11 is 0. The quantitative estimate of drug-likeness (QED) is 0.584. The zero-order chi connectivity index (χ0) is 5.82. The number of rotatable bonds is 0. The van der Waals surface area contributed by atoms with E-state index in [4.69, 9.17) is 5.11 Å². The van der Waals surface area contributed by atoms with Crippen LogP contribution < -0.4 is 0 Å². The normalized spacial score (nSPS) is 9.50. The molecule has 1 atom stereocenters. The van der Waals surface area contributed by atoms with Gasteiger partial charge < -0.3 is 13.5 Å². The first-order valence-electron chi connectivity index (χ1n) is 2.03. The Balaban J connectivity index is 3.12. The fourth-order valence-corrected chi connectivity index (χ4v) is 0.625. The molecule has 1 rings (SSSR count). The van der Waals surface area contributed by atoms with Gasteiger partial charge in [0.05, 0.1) is 6.26 Å². The Kier molecular flexibility index (Phi) is 1.65. The van der Waals surface area contributed by atoms with Crippen molar-refractivity contribution in [1.82, 2.24) is 0 Å². The molecule has 0 bridgehead atoms. The molecule has 0 radical (unpaired) electrons. The predicted octanol–water partition coefficient (Wildman–Crippen LogP) is 1.73. The van der Waals surface area contributed by atoms with Crippen LogP contribution in [-0.2, 0) is 0 Å². The monoisotopic (exact) mass is 132 g/mol. The molecule has 0 aliphatic rings. The zero-order valence-corrected chi connectivity index (χ0v) is 5.00. The van der Waals surface area contributed by atoms with Crippen LogP contribution in [0.15, 0.2) is 26.8 Å². The molecule has 0 aliphatic heterocycles. The SMILES string of the molecule is Oc1ccco[pH]o1. The van der Waals surface area contributed by atoms with Gasteiger partial charge in [0, 0.05) is 6.07 Å². The van der Waals surface area contributed by atoms with Crippen LogP contribution in [0.3, 0.4) is 0 Å². The molecule has 0 saturated heterocycles. The van der Waals surface area contributed by atoms with Gasteiger partial charge in [-0.3, -0.25) is 0 Å². The molecule has 1 heterocycles. The van der Waals surface area contributed by atoms with Crippen LogP contribution in [0.25, 0.3) is 0 Å². The molecular weight excluding hydrogens is 127 g/mol. The van der Waals surface area contributed by atoms with Gasteiger partial charge >= 0.3 is 0 Å². The summed E-state index contributed by atoms with van der Waals surface area (Å²) in [6.07, 6.45) is 1.46. The Morgan fingerprint density at radius 1 is 1.62 bits per heavy atom. The Labute approximate surface area is 47.5 Å². The zero-order valence-electron chi connectivity index (χ0n) is 4.00. The first-order chi connectivity index (χ1) is 3.89. The number of hydrogen-bond acceptors (Lipinski definition) is 3. The number of hydrogen-bond donors (Lipinski definition) is 1. The maximum absolute atomic E-state index is 8.60. The summed E-state index contributed by atoms with van der Waals surface area (Å²) in [6.45, 7) is 0. The van der Waals surface area contributed by atoms with E-state index in [9.17, 15) is 0 Å². The van der Waals surface area contributed by atoms with E-state index in [2.05, 4.69) is 8.39 Å². The van der Waals surface area contributed by atoms with E-state index in [1.165, 1.54) is 12.3 Å². The lowest BCUT2D eigenvalue weighted by Crippen LogP contribution is -1.45. The van der Waals surface area contributed by atoms with Gasteiger partial charge in [0.15, 0.2) is 0 Å². The summed E-state index contributed by atoms with van der Waals surface area (Å²) < 4.78 is 9.24. The second kappa shape index (κ2) is 2.48. The van der Waals surface area contributed by atoms with E-state index >= 15 is 0 Å². The summed E-state index contributed by atoms with van der Waals surface area (Å²) in [4.78, 5) is 0. The molecule has 1 aromatic heterocycles. The van der Waals surface area contributed by atoms with Gasteiger partial charge in [-0.1, -0.05) is 0 Å². The van der Waals surface area contributed by atoms with Crippen LogP contribution in [-0.4, -0.2) is 5.11 Å². The molecule has 1 unspecified atom stereocenters. The second-order valence-electron chi connectivity index (χ2n) is 1.14. The van der Waals surface area contributed by atoms with Gasteiger partial charge in [-0.15, -0.1) is 0 Å². The van der Waals surface area contributed by atoms with E-state index in [-0.39, 0.29) is 14.6 Å². The Morgan fingerprint density at radius 2 is 2.50 bits per heavy atom. The highest BCUT2D eigenvalue weighted by molar-refractivity contribution is 7.15. The van der Waals surface area contributed by atoms with Crippen LogP contribution in [0, 0.1) is 0 Å². The third kappa shape index (κ3) is 1.35. The molecule has 0 aromatic carbocycles. The average Bonchev–Trinajstić information content (AvgIpc) is 1.94. The van der Waals surface area contributed by atoms with Gasteiger partial charge in [0.25, 0.3) is 5.95 Å². The van der Waals surface area contributed by atoms with Crippen molar-refractivity contribution in [2.45, 2.75) is 0 Å². The summed E-state index contributed by atoms with van der Waals surface area (Å²) in [5.74, 6) is -0.0999. The minimum Gasteiger partial charge on any atom is -0.481 e. The summed E-state index contributed by atoms with van der Waals surface area (Å²) in [5, 5.41) is 8.60. The van der Waals surface area contributed by atoms with Crippen molar-refractivity contribution >= 4 is 8.67 Å². The smallest absolute Gasteiger partial charge is 0.286 e. The van der Waals surface area contributed by atoms with Gasteiger partial charge in [-0.25, -0.2) is 0 Å². The van der Waals surface area contributed by atoms with Crippen molar-refractivity contribution in [3.8, 4) is 5.95 Å². The van der Waals surface area contributed by atoms with Crippen LogP contribution in [0.5, 0.6) is 5.95 Å². The molecule has 8 heavy (non-hydrogen) atoms. The van der Waals surface area contributed by atoms with E-state index in [0.29, 0.717) is 0 Å². The van der Waals surface area contributed by atoms with E-state index in [1.807, 2.05) is 0 Å². The van der Waals surface area contributed by atoms with E-state index in [1.54, 1.807) is 6.07 Å². The first kappa shape index (κ1) is 5.32. The van der Waals surface area contributed by atoms with Gasteiger partial charge in [-0.05, 0) is 6.07 Å². The lowest BCUT2D eigenvalue weighted by Gasteiger charge is -1.74. The topological polar surface area (TPSA) is 46.5 Å². The molecule has 0 spiro atoms. The minimum absolute atomic E-state index is 0.0999. The van der Waals surface area contributed by atoms with Gasteiger partial charge in [0.2, 0.25) is 8.67 Å². The van der Waals surface area contributed by atoms with Crippen molar-refractivity contribution < 1.29 is 13.5 Å². The Bertz CT molecular complexity index is 165. The lowest BCUT2D eigenvalue weighted by molar-refractivity contribution is 0.358. The molecule has 1 aromatic rings. The summed E-state index contributed by atoms with van der Waals surface area (Å²) in [5.41, 5.74) is 0. The third-order valence-electron chi connectivity index (χ3n) is 0.580. The van der Waals surface area contributed by atoms with Crippen molar-refractivity contribution in [2.24, 2.45) is 0 Å². The average molecular weight is 132 g/mol. The van der Waals surface area contributed by atoms with Crippen molar-refractivity contribution in [3.05, 3.63) is 18.4 Å². The molecule has 1 N–H and O–H groups in total. The fourth-order valence-electron chi connectivity index (χ4n) is 0.289. The standard InChI is InChI=1S/C4H5O3P/c5-4-2-1-3-6-8-7-4/h1-3,5,8H. The predicted molar refractivity (Wildman–Crippen MR) is 29.8 cm³/mol. The molecule has 0 aliphatic carbocycles. The summed E-state index contributed by atoms with van der Waals surface area (Å²) in [6, 6.07) is 2.98. The van der Waals surface area contributed by atoms with E-state index in [0.717, 1.165) is 0 Å². The van der Waals surface area contributed by atoms with Crippen LogP contribution in [0.2, 0.25) is 0 Å². The van der Waals surface area contributed by atoms with Crippen LogP contribution >= 0.6 is 8.67 Å². The Morgan fingerprint density at radius 3 is 3.38 bits per heavy atom. The molecule has 3 nitrogen and oxygen atoms in total. The highest BCUT2D eigenvalue weighted by Crippen LogP contribution is 2.10. The lowest BCUT2D eigenvalue weighted by atomic mass is 10.6. The van der Waals surface area contributed by atoms with Crippen molar-refractivity contribution in [2.75, 3.05) is 0 Å². The fraction of sp³-hybridized carbons (Fsp3) is 0. The largest absolute Gasteiger partial charge is 0.481 e. The minimum atomic E-state index is -0.130. The van der Waals surface area contributed by atoms with Crippen LogP contribution in [0.4, 0.5) is 0 Å². The number of aromatic hydroxyl groups is 1. The maximum atomic E-state index is 8.60. The molecule has 0 saturated carbocycles. The van der Waals surface area contributed by atoms with Crippen LogP contribution in [0.1, 0.15) is 0 Å². The molecule has 0 amide bonds. The van der Waals surface area contributed by atoms with Crippen molar-refractivity contribution in [1.29, 1.82) is 0 Å². The summed E-state index contributed by atoms with van der Waals surface area (Å²) in [7, 11) is -0.130. The highest BCUT2D eigenvalue weighted by Gasteiger charge is 1.77.